The average molecular weight is 367 g/mol. The van der Waals surface area contributed by atoms with Gasteiger partial charge in [0.2, 0.25) is 5.91 Å². The molecule has 0 fully saturated rings. The average Bonchev–Trinajstić information content (AvgIpc) is 3.39. The lowest BCUT2D eigenvalue weighted by Crippen LogP contribution is -2.14. The number of fused-ring (bicyclic) bond motifs is 3. The zero-order valence-corrected chi connectivity index (χ0v) is 15.0. The standard InChI is InChI=1S/C23H17N3O2/c27-22(25-18-6-8-19(9-7-18)26-12-11-24-15-26)13-17-14-28-21-10-5-16-3-1-2-4-20(16)23(17)21/h1-12,14-15H,13H2,(H,25,27). The minimum absolute atomic E-state index is 0.0778. The second-order valence-electron chi connectivity index (χ2n) is 6.66. The molecule has 0 aliphatic rings. The molecule has 2 heterocycles. The van der Waals surface area contributed by atoms with E-state index >= 15 is 0 Å². The fourth-order valence-electron chi connectivity index (χ4n) is 3.51. The lowest BCUT2D eigenvalue weighted by atomic mass is 10.0. The number of imidazole rings is 1. The van der Waals surface area contributed by atoms with Crippen molar-refractivity contribution in [2.24, 2.45) is 0 Å². The van der Waals surface area contributed by atoms with Crippen molar-refractivity contribution in [2.45, 2.75) is 6.42 Å². The highest BCUT2D eigenvalue weighted by molar-refractivity contribution is 6.09. The van der Waals surface area contributed by atoms with E-state index in [-0.39, 0.29) is 12.3 Å². The van der Waals surface area contributed by atoms with Gasteiger partial charge < -0.3 is 14.3 Å². The molecule has 0 radical (unpaired) electrons. The molecule has 2 aromatic heterocycles. The van der Waals surface area contributed by atoms with Crippen LogP contribution in [0.4, 0.5) is 5.69 Å². The normalized spacial score (nSPS) is 11.1. The van der Waals surface area contributed by atoms with E-state index in [9.17, 15) is 4.79 Å². The van der Waals surface area contributed by atoms with E-state index in [0.29, 0.717) is 0 Å². The Hall–Kier alpha value is -3.86. The summed E-state index contributed by atoms with van der Waals surface area (Å²) in [6, 6.07) is 19.8. The first kappa shape index (κ1) is 16.3. The van der Waals surface area contributed by atoms with Crippen LogP contribution in [0.1, 0.15) is 5.56 Å². The van der Waals surface area contributed by atoms with Gasteiger partial charge in [0.1, 0.15) is 5.58 Å². The van der Waals surface area contributed by atoms with Crippen molar-refractivity contribution in [1.29, 1.82) is 0 Å². The molecule has 5 aromatic rings. The summed E-state index contributed by atoms with van der Waals surface area (Å²) >= 11 is 0. The van der Waals surface area contributed by atoms with E-state index in [2.05, 4.69) is 22.4 Å². The lowest BCUT2D eigenvalue weighted by Gasteiger charge is -2.07. The zero-order chi connectivity index (χ0) is 18.9. The van der Waals surface area contributed by atoms with E-state index in [1.165, 1.54) is 0 Å². The summed E-state index contributed by atoms with van der Waals surface area (Å²) in [5.41, 5.74) is 3.43. The van der Waals surface area contributed by atoms with Gasteiger partial charge in [-0.2, -0.15) is 0 Å². The molecule has 5 nitrogen and oxygen atoms in total. The van der Waals surface area contributed by atoms with Gasteiger partial charge in [-0.1, -0.05) is 30.3 Å². The summed E-state index contributed by atoms with van der Waals surface area (Å²) in [6.45, 7) is 0. The van der Waals surface area contributed by atoms with E-state index in [0.717, 1.165) is 38.7 Å². The number of carbonyl (C=O) groups excluding carboxylic acids is 1. The Bertz CT molecular complexity index is 1270. The molecule has 1 N–H and O–H groups in total. The number of nitrogens with zero attached hydrogens (tertiary/aromatic N) is 2. The Kier molecular flexibility index (Phi) is 3.91. The highest BCUT2D eigenvalue weighted by Gasteiger charge is 2.13. The summed E-state index contributed by atoms with van der Waals surface area (Å²) in [6.07, 6.45) is 7.28. The van der Waals surface area contributed by atoms with E-state index in [1.54, 1.807) is 18.8 Å². The van der Waals surface area contributed by atoms with Gasteiger partial charge in [-0.25, -0.2) is 4.98 Å². The summed E-state index contributed by atoms with van der Waals surface area (Å²) in [5.74, 6) is -0.0778. The van der Waals surface area contributed by atoms with Gasteiger partial charge in [-0.3, -0.25) is 4.79 Å². The largest absolute Gasteiger partial charge is 0.464 e. The SMILES string of the molecule is O=C(Cc1coc2ccc3ccccc3c12)Nc1ccc(-n2ccnc2)cc1. The predicted octanol–water partition coefficient (Wildman–Crippen LogP) is 4.95. The Labute approximate surface area is 161 Å². The number of furan rings is 1. The summed E-state index contributed by atoms with van der Waals surface area (Å²) in [4.78, 5) is 16.6. The number of nitrogens with one attached hydrogen (secondary N) is 1. The van der Waals surface area contributed by atoms with Crippen LogP contribution in [0.2, 0.25) is 0 Å². The van der Waals surface area contributed by atoms with Gasteiger partial charge >= 0.3 is 0 Å². The van der Waals surface area contributed by atoms with Crippen molar-refractivity contribution >= 4 is 33.3 Å². The van der Waals surface area contributed by atoms with Crippen LogP contribution in [0.3, 0.4) is 0 Å². The monoisotopic (exact) mass is 367 g/mol. The smallest absolute Gasteiger partial charge is 0.228 e. The highest BCUT2D eigenvalue weighted by Crippen LogP contribution is 2.30. The number of aromatic nitrogens is 2. The molecular formula is C23H17N3O2. The molecule has 0 bridgehead atoms. The van der Waals surface area contributed by atoms with Crippen LogP contribution in [0.5, 0.6) is 0 Å². The van der Waals surface area contributed by atoms with Crippen LogP contribution in [0.15, 0.2) is 90.1 Å². The number of hydrogen-bond donors (Lipinski definition) is 1. The Balaban J connectivity index is 1.38. The summed E-state index contributed by atoms with van der Waals surface area (Å²) in [7, 11) is 0. The number of anilines is 1. The first-order valence-corrected chi connectivity index (χ1v) is 9.04. The van der Waals surface area contributed by atoms with Crippen LogP contribution in [0, 0.1) is 0 Å². The van der Waals surface area contributed by atoms with E-state index < -0.39 is 0 Å². The molecule has 0 aliphatic heterocycles. The summed E-state index contributed by atoms with van der Waals surface area (Å²) < 4.78 is 7.59. The van der Waals surface area contributed by atoms with Crippen molar-refractivity contribution in [1.82, 2.24) is 9.55 Å². The van der Waals surface area contributed by atoms with Gasteiger partial charge in [0, 0.05) is 34.7 Å². The molecule has 0 saturated carbocycles. The Morgan fingerprint density at radius 1 is 1.04 bits per heavy atom. The molecule has 5 rings (SSSR count). The van der Waals surface area contributed by atoms with Gasteiger partial charge in [0.25, 0.3) is 0 Å². The number of carbonyl (C=O) groups is 1. The maximum Gasteiger partial charge on any atom is 0.228 e. The molecule has 28 heavy (non-hydrogen) atoms. The molecular weight excluding hydrogens is 350 g/mol. The van der Waals surface area contributed by atoms with Crippen molar-refractivity contribution in [3.05, 3.63) is 91.2 Å². The van der Waals surface area contributed by atoms with Crippen LogP contribution in [0.25, 0.3) is 27.4 Å². The minimum Gasteiger partial charge on any atom is -0.464 e. The number of benzene rings is 3. The maximum absolute atomic E-state index is 12.6. The predicted molar refractivity (Wildman–Crippen MR) is 110 cm³/mol. The second-order valence-corrected chi connectivity index (χ2v) is 6.66. The third kappa shape index (κ3) is 2.93. The topological polar surface area (TPSA) is 60.1 Å². The summed E-state index contributed by atoms with van der Waals surface area (Å²) in [5, 5.41) is 6.19. The van der Waals surface area contributed by atoms with Crippen LogP contribution in [-0.4, -0.2) is 15.5 Å². The molecule has 1 amide bonds. The molecule has 0 atom stereocenters. The molecule has 0 unspecified atom stereocenters. The first-order chi connectivity index (χ1) is 13.8. The number of amides is 1. The van der Waals surface area contributed by atoms with Crippen molar-refractivity contribution in [3.8, 4) is 5.69 Å². The fourth-order valence-corrected chi connectivity index (χ4v) is 3.51. The van der Waals surface area contributed by atoms with E-state index in [4.69, 9.17) is 4.42 Å². The third-order valence-electron chi connectivity index (χ3n) is 4.84. The van der Waals surface area contributed by atoms with Crippen LogP contribution < -0.4 is 5.32 Å². The van der Waals surface area contributed by atoms with Gasteiger partial charge in [0.05, 0.1) is 19.0 Å². The maximum atomic E-state index is 12.6. The van der Waals surface area contributed by atoms with Crippen molar-refractivity contribution in [2.75, 3.05) is 5.32 Å². The fraction of sp³-hybridized carbons (Fsp3) is 0.0435. The zero-order valence-electron chi connectivity index (χ0n) is 15.0. The quantitative estimate of drug-likeness (QED) is 0.489. The number of rotatable bonds is 4. The lowest BCUT2D eigenvalue weighted by molar-refractivity contribution is -0.115. The molecule has 0 spiro atoms. The molecule has 5 heteroatoms. The highest BCUT2D eigenvalue weighted by atomic mass is 16.3. The number of hydrogen-bond acceptors (Lipinski definition) is 3. The van der Waals surface area contributed by atoms with Gasteiger partial charge in [-0.15, -0.1) is 0 Å². The van der Waals surface area contributed by atoms with Crippen LogP contribution in [-0.2, 0) is 11.2 Å². The molecule has 136 valence electrons. The van der Waals surface area contributed by atoms with Gasteiger partial charge in [-0.05, 0) is 41.1 Å². The molecule has 3 aromatic carbocycles. The Morgan fingerprint density at radius 2 is 1.89 bits per heavy atom. The molecule has 0 aliphatic carbocycles. The van der Waals surface area contributed by atoms with E-state index in [1.807, 2.05) is 59.3 Å². The third-order valence-corrected chi connectivity index (χ3v) is 4.84. The minimum atomic E-state index is -0.0778. The van der Waals surface area contributed by atoms with Crippen molar-refractivity contribution < 1.29 is 9.21 Å². The van der Waals surface area contributed by atoms with Crippen molar-refractivity contribution in [3.63, 3.8) is 0 Å². The second kappa shape index (κ2) is 6.70. The van der Waals surface area contributed by atoms with Crippen LogP contribution >= 0.6 is 0 Å². The Morgan fingerprint density at radius 3 is 2.71 bits per heavy atom. The molecule has 0 saturated heterocycles. The van der Waals surface area contributed by atoms with Gasteiger partial charge in [0.15, 0.2) is 0 Å². The first-order valence-electron chi connectivity index (χ1n) is 9.04.